The molecule has 6 nitrogen and oxygen atoms in total. The third-order valence-electron chi connectivity index (χ3n) is 21.4. The monoisotopic (exact) mass is 1440 g/mol. The Morgan fingerprint density at radius 3 is 1.19 bits per heavy atom. The largest absolute Gasteiger partial charge is 0.310 e. The van der Waals surface area contributed by atoms with Crippen molar-refractivity contribution >= 4 is 79.0 Å². The number of aromatic nitrogens is 4. The van der Waals surface area contributed by atoms with Crippen LogP contribution in [-0.2, 0) is 21.7 Å². The second kappa shape index (κ2) is 26.7. The third kappa shape index (κ3) is 12.3. The van der Waals surface area contributed by atoms with Crippen molar-refractivity contribution in [3.05, 3.63) is 343 Å². The van der Waals surface area contributed by atoms with E-state index >= 15 is 0 Å². The van der Waals surface area contributed by atoms with Crippen molar-refractivity contribution in [1.29, 1.82) is 0 Å². The Morgan fingerprint density at radius 1 is 0.282 bits per heavy atom. The van der Waals surface area contributed by atoms with Gasteiger partial charge in [-0.3, -0.25) is 0 Å². The molecule has 110 heavy (non-hydrogen) atoms. The van der Waals surface area contributed by atoms with E-state index in [1.165, 1.54) is 0 Å². The molecular formula is C103H89BN6. The number of para-hydroxylation sites is 3. The van der Waals surface area contributed by atoms with E-state index in [1.807, 2.05) is 103 Å². The molecule has 2 aliphatic heterocycles. The molecule has 0 fully saturated rings. The zero-order chi connectivity index (χ0) is 91.2. The van der Waals surface area contributed by atoms with Gasteiger partial charge in [-0.1, -0.05) is 344 Å². The molecule has 2 aliphatic rings. The van der Waals surface area contributed by atoms with Gasteiger partial charge in [-0.25, -0.2) is 15.0 Å². The summed E-state index contributed by atoms with van der Waals surface area (Å²) in [6.45, 7) is 25.5. The van der Waals surface area contributed by atoms with E-state index < -0.39 is 144 Å². The van der Waals surface area contributed by atoms with E-state index in [2.05, 4.69) is 202 Å². The molecule has 0 saturated carbocycles. The summed E-state index contributed by atoms with van der Waals surface area (Å²) in [5, 5.41) is -0.161. The normalized spacial score (nSPS) is 15.1. The van der Waals surface area contributed by atoms with Gasteiger partial charge in [-0.15, -0.1) is 0 Å². The first-order chi connectivity index (χ1) is 60.5. The summed E-state index contributed by atoms with van der Waals surface area (Å²) < 4.78 is 170. The first kappa shape index (κ1) is 51.8. The lowest BCUT2D eigenvalue weighted by Gasteiger charge is -2.46. The number of hydrogen-bond acceptors (Lipinski definition) is 5. The Bertz CT molecular complexity index is 7100. The zero-order valence-corrected chi connectivity index (χ0v) is 63.5. The van der Waals surface area contributed by atoms with Crippen LogP contribution in [0.5, 0.6) is 0 Å². The van der Waals surface area contributed by atoms with Crippen molar-refractivity contribution in [2.45, 2.75) is 105 Å². The SMILES string of the molecule is [2H]c1c([2H])c([2H])c(-c2nc(-c3cccc(-c4ccccc4)c3N3c4cc(-c5cc(C(C)(C)C)cc(C(C)(C)C)c5)ccc4B4c5ccc(-n6c7c([2H])c([2H])c([2H])c([2H])c7c7c([2H])c([2H])c([2H])c([2H])c76)cc5N(c5c(-c6ccccc6)cc(C(C)(C)C)cc5-c5ccccc5)c5cc(-c6cccc(C(C)(C)C)c6)cc3c54)nc(-c3c([2H])c([2H])c([2H])c([2H])c3[2H])n2)c([2H])c1[2H]. The van der Waals surface area contributed by atoms with Crippen LogP contribution in [0.1, 0.15) is 130 Å². The number of rotatable bonds is 11. The molecule has 0 radical (unpaired) electrons. The van der Waals surface area contributed by atoms with Crippen LogP contribution in [0.4, 0.5) is 34.1 Å². The van der Waals surface area contributed by atoms with E-state index in [4.69, 9.17) is 25.9 Å². The molecule has 0 aliphatic carbocycles. The van der Waals surface area contributed by atoms with Gasteiger partial charge in [0.25, 0.3) is 6.71 Å². The van der Waals surface area contributed by atoms with Gasteiger partial charge in [-0.2, -0.15) is 0 Å². The maximum atomic E-state index is 9.95. The average molecular weight is 1440 g/mol. The predicted molar refractivity (Wildman–Crippen MR) is 466 cm³/mol. The fourth-order valence-corrected chi connectivity index (χ4v) is 15.7. The summed E-state index contributed by atoms with van der Waals surface area (Å²) in [4.78, 5) is 19.9. The number of anilines is 6. The summed E-state index contributed by atoms with van der Waals surface area (Å²) >= 11 is 0. The molecule has 534 valence electrons. The van der Waals surface area contributed by atoms with Crippen molar-refractivity contribution in [2.24, 2.45) is 0 Å². The highest BCUT2D eigenvalue weighted by Gasteiger charge is 2.46. The van der Waals surface area contributed by atoms with E-state index in [0.717, 1.165) is 88.8 Å². The van der Waals surface area contributed by atoms with Gasteiger partial charge in [-0.05, 0) is 160 Å². The van der Waals surface area contributed by atoms with Crippen LogP contribution in [0.3, 0.4) is 0 Å². The molecule has 7 heteroatoms. The van der Waals surface area contributed by atoms with E-state index in [1.54, 1.807) is 4.57 Å². The number of fused-ring (bicyclic) bond motifs is 7. The summed E-state index contributed by atoms with van der Waals surface area (Å²) in [7, 11) is 0. The molecule has 0 spiro atoms. The molecule has 14 aromatic carbocycles. The summed E-state index contributed by atoms with van der Waals surface area (Å²) in [5.41, 5.74) is 16.2. The quantitative estimate of drug-likeness (QED) is 0.121. The van der Waals surface area contributed by atoms with Gasteiger partial charge < -0.3 is 14.4 Å². The second-order valence-electron chi connectivity index (χ2n) is 32.7. The lowest BCUT2D eigenvalue weighted by atomic mass is 9.33. The zero-order valence-electron chi connectivity index (χ0n) is 81.5. The van der Waals surface area contributed by atoms with Gasteiger partial charge in [0, 0.05) is 72.6 Å². The first-order valence-corrected chi connectivity index (χ1v) is 37.3. The Balaban J connectivity index is 1.08. The van der Waals surface area contributed by atoms with Gasteiger partial charge in [0.1, 0.15) is 0 Å². The first-order valence-electron chi connectivity index (χ1n) is 46.3. The fraction of sp³-hybridized carbons (Fsp3) is 0.155. The lowest BCUT2D eigenvalue weighted by Crippen LogP contribution is -2.61. The van der Waals surface area contributed by atoms with Crippen LogP contribution in [0.2, 0.25) is 0 Å². The molecule has 16 aromatic rings. The van der Waals surface area contributed by atoms with Crippen molar-refractivity contribution in [2.75, 3.05) is 9.80 Å². The molecular weight excluding hydrogens is 1330 g/mol. The highest BCUT2D eigenvalue weighted by atomic mass is 15.2. The molecule has 0 N–H and O–H groups in total. The molecule has 4 heterocycles. The minimum atomic E-state index is -0.778. The number of hydrogen-bond donors (Lipinski definition) is 0. The summed E-state index contributed by atoms with van der Waals surface area (Å²) in [6, 6.07) is 61.5. The van der Waals surface area contributed by atoms with Crippen molar-refractivity contribution in [3.8, 4) is 95.5 Å². The Kier molecular flexibility index (Phi) is 12.6. The van der Waals surface area contributed by atoms with E-state index in [0.29, 0.717) is 45.3 Å². The van der Waals surface area contributed by atoms with Crippen LogP contribution in [0.25, 0.3) is 117 Å². The molecule has 0 unspecified atom stereocenters. The van der Waals surface area contributed by atoms with Crippen molar-refractivity contribution < 1.29 is 24.7 Å². The van der Waals surface area contributed by atoms with Crippen LogP contribution >= 0.6 is 0 Å². The highest BCUT2D eigenvalue weighted by molar-refractivity contribution is 7.00. The fourth-order valence-electron chi connectivity index (χ4n) is 15.7. The predicted octanol–water partition coefficient (Wildman–Crippen LogP) is 25.6. The molecule has 0 atom stereocenters. The van der Waals surface area contributed by atoms with Gasteiger partial charge in [0.15, 0.2) is 17.5 Å². The van der Waals surface area contributed by atoms with Crippen molar-refractivity contribution in [3.63, 3.8) is 0 Å². The topological polar surface area (TPSA) is 50.1 Å². The maximum absolute atomic E-state index is 9.95. The van der Waals surface area contributed by atoms with Crippen molar-refractivity contribution in [1.82, 2.24) is 19.5 Å². The Hall–Kier alpha value is -12.4. The van der Waals surface area contributed by atoms with Crippen LogP contribution < -0.4 is 26.2 Å². The number of benzene rings is 14. The maximum Gasteiger partial charge on any atom is 0.252 e. The molecule has 18 rings (SSSR count). The minimum Gasteiger partial charge on any atom is -0.310 e. The van der Waals surface area contributed by atoms with Crippen LogP contribution in [0.15, 0.2) is 321 Å². The van der Waals surface area contributed by atoms with Gasteiger partial charge >= 0.3 is 0 Å². The van der Waals surface area contributed by atoms with Crippen LogP contribution in [0, 0.1) is 0 Å². The highest BCUT2D eigenvalue weighted by Crippen LogP contribution is 2.55. The van der Waals surface area contributed by atoms with E-state index in [9.17, 15) is 13.7 Å². The molecule has 0 bridgehead atoms. The third-order valence-corrected chi connectivity index (χ3v) is 21.4. The molecule has 2 aromatic heterocycles. The lowest BCUT2D eigenvalue weighted by molar-refractivity contribution is 0.569. The average Bonchev–Trinajstić information content (AvgIpc) is 1.17. The second-order valence-corrected chi connectivity index (χ2v) is 32.7. The number of nitrogens with zero attached hydrogens (tertiary/aromatic N) is 6. The van der Waals surface area contributed by atoms with Gasteiger partial charge in [0.2, 0.25) is 0 Å². The van der Waals surface area contributed by atoms with Crippen LogP contribution in [-0.4, -0.2) is 26.2 Å². The van der Waals surface area contributed by atoms with E-state index in [-0.39, 0.29) is 49.4 Å². The Morgan fingerprint density at radius 2 is 0.673 bits per heavy atom. The summed E-state index contributed by atoms with van der Waals surface area (Å²) in [5.74, 6) is -1.08. The minimum absolute atomic E-state index is 0.0586. The van der Waals surface area contributed by atoms with Gasteiger partial charge in [0.05, 0.1) is 47.1 Å². The molecule has 0 saturated heterocycles. The summed E-state index contributed by atoms with van der Waals surface area (Å²) in [6.07, 6.45) is 0. The standard InChI is InChI=1S/C103H89BN6/c1-100(2,3)75-45-32-44-71(56-75)74-60-92-94-93(61-74)110(96-84(67-36-20-14-21-37-67)63-78(103(10,11)12)64-85(96)68-38-22-15-23-39-68)91-65-79(108-88-50-30-28-46-81(88)82-47-29-31-51-89(82)108)53-55-87(91)104(94)86-54-52-72(73-57-76(101(4,5)6)62-77(58-73)102(7,8)9)59-90(86)109(92)95-80(66-34-18-13-19-35-66)48-33-49-83(95)99-106-97(69-40-24-16-25-41-69)105-98(107-99)70-42-26-17-27-43-70/h13-65H,1-12H3/i16D,17D,24D,25D,26D,27D,28D,29D,30D,31D,40D,41D,42D,43D,46D,47D,50D,51D. The Labute approximate surface area is 673 Å². The molecule has 0 amide bonds. The smallest absolute Gasteiger partial charge is 0.252 e.